The number of carbonyl (C=O) groups excluding carboxylic acids is 2. The normalized spacial score (nSPS) is 21.6. The molecule has 1 aliphatic carbocycles. The van der Waals surface area contributed by atoms with Gasteiger partial charge in [-0.1, -0.05) is 0 Å². The van der Waals surface area contributed by atoms with Crippen LogP contribution in [0.2, 0.25) is 0 Å². The van der Waals surface area contributed by atoms with E-state index in [1.807, 2.05) is 19.3 Å². The number of anilines is 1. The first kappa shape index (κ1) is 26.2. The van der Waals surface area contributed by atoms with Crippen molar-refractivity contribution in [3.63, 3.8) is 0 Å². The zero-order chi connectivity index (χ0) is 27.7. The number of rotatable bonds is 7. The molecule has 39 heavy (non-hydrogen) atoms. The number of nitriles is 1. The SMILES string of the molecule is Cn1cc([C@H]2C[C@@H]2C(=O)Nc2cc(-c3ccc(O[C@H]4CCN(C(=O)CO)CC4(F)F)c(C#N)c3)ncn2)cn1. The van der Waals surface area contributed by atoms with Gasteiger partial charge in [0.15, 0.2) is 6.10 Å². The van der Waals surface area contributed by atoms with Gasteiger partial charge < -0.3 is 20.1 Å². The van der Waals surface area contributed by atoms with Gasteiger partial charge in [0.1, 0.15) is 30.6 Å². The topological polar surface area (TPSA) is 146 Å². The first-order valence-corrected chi connectivity index (χ1v) is 12.3. The fourth-order valence-electron chi connectivity index (χ4n) is 4.70. The number of carbonyl (C=O) groups is 2. The summed E-state index contributed by atoms with van der Waals surface area (Å²) in [5, 5.41) is 25.6. The molecule has 1 saturated heterocycles. The van der Waals surface area contributed by atoms with Crippen molar-refractivity contribution in [2.45, 2.75) is 30.8 Å². The summed E-state index contributed by atoms with van der Waals surface area (Å²) in [6.45, 7) is -1.72. The molecule has 1 aliphatic heterocycles. The van der Waals surface area contributed by atoms with E-state index in [0.717, 1.165) is 16.9 Å². The van der Waals surface area contributed by atoms with Crippen molar-refractivity contribution >= 4 is 17.6 Å². The summed E-state index contributed by atoms with van der Waals surface area (Å²) < 4.78 is 36.6. The zero-order valence-electron chi connectivity index (χ0n) is 20.9. The molecule has 3 heterocycles. The smallest absolute Gasteiger partial charge is 0.301 e. The number of nitrogens with zero attached hydrogens (tertiary/aromatic N) is 6. The number of halogens is 2. The van der Waals surface area contributed by atoms with E-state index in [1.54, 1.807) is 23.0 Å². The molecule has 0 radical (unpaired) electrons. The highest BCUT2D eigenvalue weighted by molar-refractivity contribution is 5.94. The number of likely N-dealkylation sites (tertiary alicyclic amines) is 1. The largest absolute Gasteiger partial charge is 0.483 e. The molecule has 1 aromatic carbocycles. The van der Waals surface area contributed by atoms with Crippen molar-refractivity contribution in [1.82, 2.24) is 24.6 Å². The van der Waals surface area contributed by atoms with Gasteiger partial charge in [0.25, 0.3) is 0 Å². The summed E-state index contributed by atoms with van der Waals surface area (Å²) in [6.07, 6.45) is 3.94. The van der Waals surface area contributed by atoms with Gasteiger partial charge in [0.05, 0.1) is 24.0 Å². The zero-order valence-corrected chi connectivity index (χ0v) is 20.9. The van der Waals surface area contributed by atoms with Crippen LogP contribution in [0.3, 0.4) is 0 Å². The van der Waals surface area contributed by atoms with Crippen LogP contribution in [0.15, 0.2) is 43.0 Å². The minimum absolute atomic E-state index is 0.00110. The monoisotopic (exact) mass is 537 g/mol. The number of benzene rings is 1. The number of hydrogen-bond donors (Lipinski definition) is 2. The number of amides is 2. The van der Waals surface area contributed by atoms with Gasteiger partial charge in [0, 0.05) is 43.8 Å². The van der Waals surface area contributed by atoms with Gasteiger partial charge in [-0.25, -0.2) is 18.7 Å². The Hall–Kier alpha value is -4.44. The van der Waals surface area contributed by atoms with Gasteiger partial charge in [-0.05, 0) is 36.1 Å². The molecule has 2 aromatic heterocycles. The first-order chi connectivity index (χ1) is 18.7. The van der Waals surface area contributed by atoms with Crippen molar-refractivity contribution in [3.8, 4) is 23.1 Å². The number of piperidine rings is 1. The maximum Gasteiger partial charge on any atom is 0.301 e. The maximum atomic E-state index is 14.7. The number of ether oxygens (including phenoxy) is 1. The van der Waals surface area contributed by atoms with Crippen LogP contribution < -0.4 is 10.1 Å². The maximum absolute atomic E-state index is 14.7. The van der Waals surface area contributed by atoms with Crippen molar-refractivity contribution in [2.75, 3.05) is 25.0 Å². The molecular weight excluding hydrogens is 512 g/mol. The number of aliphatic hydroxyl groups excluding tert-OH is 1. The highest BCUT2D eigenvalue weighted by Gasteiger charge is 2.48. The lowest BCUT2D eigenvalue weighted by Crippen LogP contribution is -2.55. The summed E-state index contributed by atoms with van der Waals surface area (Å²) in [5.41, 5.74) is 1.96. The van der Waals surface area contributed by atoms with E-state index in [4.69, 9.17) is 9.84 Å². The average Bonchev–Trinajstić information content (AvgIpc) is 3.62. The van der Waals surface area contributed by atoms with Crippen LogP contribution in [0.25, 0.3) is 11.3 Å². The standard InChI is InChI=1S/C26H25F2N7O4/c1-34-11-17(10-32-34)18-7-19(18)25(38)33-23-8-20(30-14-31-23)15-2-3-21(16(6-15)9-29)39-22-4-5-35(24(37)12-36)13-26(22,27)28/h2-3,6,8,10-11,14,18-19,22,36H,4-5,7,12-13H2,1H3,(H,30,31,33,38)/t18-,19+,22+/m1/s1. The van der Waals surface area contributed by atoms with E-state index in [-0.39, 0.29) is 42.0 Å². The number of nitrogens with one attached hydrogen (secondary N) is 1. The van der Waals surface area contributed by atoms with Crippen LogP contribution in [0.1, 0.15) is 29.9 Å². The Balaban J connectivity index is 1.27. The van der Waals surface area contributed by atoms with Crippen LogP contribution in [0, 0.1) is 17.2 Å². The predicted molar refractivity (Wildman–Crippen MR) is 133 cm³/mol. The molecule has 2 amide bonds. The Morgan fingerprint density at radius 2 is 2.13 bits per heavy atom. The van der Waals surface area contributed by atoms with E-state index in [2.05, 4.69) is 20.4 Å². The van der Waals surface area contributed by atoms with Gasteiger partial charge in [-0.2, -0.15) is 10.4 Å². The van der Waals surface area contributed by atoms with E-state index in [0.29, 0.717) is 17.1 Å². The first-order valence-electron chi connectivity index (χ1n) is 12.3. The molecule has 11 nitrogen and oxygen atoms in total. The summed E-state index contributed by atoms with van der Waals surface area (Å²) in [5.74, 6) is -4.11. The molecule has 0 unspecified atom stereocenters. The Morgan fingerprint density at radius 1 is 1.31 bits per heavy atom. The van der Waals surface area contributed by atoms with Crippen molar-refractivity contribution in [2.24, 2.45) is 13.0 Å². The lowest BCUT2D eigenvalue weighted by Gasteiger charge is -2.38. The number of alkyl halides is 2. The number of aryl methyl sites for hydroxylation is 1. The second-order valence-corrected chi connectivity index (χ2v) is 9.63. The fraction of sp³-hybridized carbons (Fsp3) is 0.385. The second-order valence-electron chi connectivity index (χ2n) is 9.63. The number of aromatic nitrogens is 4. The Labute approximate surface area is 222 Å². The summed E-state index contributed by atoms with van der Waals surface area (Å²) >= 11 is 0. The van der Waals surface area contributed by atoms with Gasteiger partial charge in [-0.3, -0.25) is 14.3 Å². The van der Waals surface area contributed by atoms with Gasteiger partial charge in [-0.15, -0.1) is 0 Å². The third-order valence-corrected chi connectivity index (χ3v) is 6.89. The highest BCUT2D eigenvalue weighted by Crippen LogP contribution is 2.47. The molecule has 13 heteroatoms. The van der Waals surface area contributed by atoms with E-state index in [9.17, 15) is 23.6 Å². The van der Waals surface area contributed by atoms with Crippen LogP contribution >= 0.6 is 0 Å². The lowest BCUT2D eigenvalue weighted by molar-refractivity contribution is -0.161. The minimum Gasteiger partial charge on any atom is -0.483 e. The summed E-state index contributed by atoms with van der Waals surface area (Å²) in [6, 6.07) is 7.99. The lowest BCUT2D eigenvalue weighted by atomic mass is 10.0. The average molecular weight is 538 g/mol. The Morgan fingerprint density at radius 3 is 2.82 bits per heavy atom. The molecule has 2 fully saturated rings. The van der Waals surface area contributed by atoms with E-state index in [1.165, 1.54) is 18.5 Å². The quantitative estimate of drug-likeness (QED) is 0.466. The molecule has 5 rings (SSSR count). The summed E-state index contributed by atoms with van der Waals surface area (Å²) in [7, 11) is 1.82. The molecule has 1 saturated carbocycles. The van der Waals surface area contributed by atoms with Crippen molar-refractivity contribution < 1.29 is 28.2 Å². The second kappa shape index (κ2) is 10.4. The molecule has 3 atom stereocenters. The summed E-state index contributed by atoms with van der Waals surface area (Å²) in [4.78, 5) is 33.6. The van der Waals surface area contributed by atoms with Crippen LogP contribution in [0.5, 0.6) is 5.75 Å². The fourth-order valence-corrected chi connectivity index (χ4v) is 4.70. The molecule has 2 aliphatic rings. The Kier molecular flexibility index (Phi) is 6.96. The number of aliphatic hydroxyl groups is 1. The Bertz CT molecular complexity index is 1450. The third kappa shape index (κ3) is 5.56. The molecule has 0 bridgehead atoms. The molecule has 2 N–H and O–H groups in total. The van der Waals surface area contributed by atoms with Gasteiger partial charge >= 0.3 is 5.92 Å². The molecular formula is C26H25F2N7O4. The minimum atomic E-state index is -3.37. The van der Waals surface area contributed by atoms with Crippen LogP contribution in [-0.4, -0.2) is 73.3 Å². The number of hydrogen-bond acceptors (Lipinski definition) is 8. The molecule has 3 aromatic rings. The van der Waals surface area contributed by atoms with Crippen LogP contribution in [-0.2, 0) is 16.6 Å². The van der Waals surface area contributed by atoms with E-state index < -0.39 is 31.1 Å². The molecule has 0 spiro atoms. The molecule has 202 valence electrons. The third-order valence-electron chi connectivity index (χ3n) is 6.89. The van der Waals surface area contributed by atoms with Crippen molar-refractivity contribution in [3.05, 3.63) is 54.1 Å². The predicted octanol–water partition coefficient (Wildman–Crippen LogP) is 2.10. The highest BCUT2D eigenvalue weighted by atomic mass is 19.3. The van der Waals surface area contributed by atoms with Crippen LogP contribution in [0.4, 0.5) is 14.6 Å². The van der Waals surface area contributed by atoms with Crippen molar-refractivity contribution in [1.29, 1.82) is 5.26 Å². The van der Waals surface area contributed by atoms with E-state index >= 15 is 0 Å². The van der Waals surface area contributed by atoms with Gasteiger partial charge in [0.2, 0.25) is 11.8 Å².